The third-order valence-corrected chi connectivity index (χ3v) is 3.73. The molecule has 0 N–H and O–H groups in total. The zero-order chi connectivity index (χ0) is 18.4. The average Bonchev–Trinajstić information content (AvgIpc) is 2.70. The molecule has 26 heavy (non-hydrogen) atoms. The van der Waals surface area contributed by atoms with Gasteiger partial charge < -0.3 is 9.47 Å². The van der Waals surface area contributed by atoms with Crippen LogP contribution in [0.25, 0.3) is 0 Å². The monoisotopic (exact) mass is 347 g/mol. The normalized spacial score (nSPS) is 10.0. The maximum atomic E-state index is 12.9. The fraction of sp³-hybridized carbons (Fsp3) is 0.0476. The summed E-state index contributed by atoms with van der Waals surface area (Å²) in [6, 6.07) is 23.0. The van der Waals surface area contributed by atoms with Gasteiger partial charge in [0.25, 0.3) is 0 Å². The number of ether oxygens (including phenoxy) is 2. The number of aldehydes is 1. The Labute approximate surface area is 151 Å². The molecule has 1 amide bonds. The SMILES string of the molecule is COc1cc(C=O)ccc1OC(=O)N(c1ccccc1)c1ccccc1. The van der Waals surface area contributed by atoms with Gasteiger partial charge >= 0.3 is 6.09 Å². The molecule has 3 aromatic rings. The zero-order valence-electron chi connectivity index (χ0n) is 14.2. The topological polar surface area (TPSA) is 55.8 Å². The molecule has 5 nitrogen and oxygen atoms in total. The van der Waals surface area contributed by atoms with Crippen LogP contribution in [0.2, 0.25) is 0 Å². The summed E-state index contributed by atoms with van der Waals surface area (Å²) in [4.78, 5) is 25.3. The van der Waals surface area contributed by atoms with E-state index in [0.29, 0.717) is 29.0 Å². The van der Waals surface area contributed by atoms with Gasteiger partial charge in [-0.15, -0.1) is 0 Å². The molecule has 0 aliphatic rings. The fourth-order valence-corrected chi connectivity index (χ4v) is 2.50. The van der Waals surface area contributed by atoms with Crippen LogP contribution in [0.15, 0.2) is 78.9 Å². The van der Waals surface area contributed by atoms with E-state index in [-0.39, 0.29) is 5.75 Å². The van der Waals surface area contributed by atoms with Crippen molar-refractivity contribution in [2.24, 2.45) is 0 Å². The van der Waals surface area contributed by atoms with Crippen LogP contribution in [-0.2, 0) is 0 Å². The Morgan fingerprint density at radius 2 is 1.42 bits per heavy atom. The van der Waals surface area contributed by atoms with E-state index in [2.05, 4.69) is 0 Å². The molecule has 0 saturated carbocycles. The molecule has 0 spiro atoms. The predicted molar refractivity (Wildman–Crippen MR) is 99.4 cm³/mol. The lowest BCUT2D eigenvalue weighted by Crippen LogP contribution is -2.29. The summed E-state index contributed by atoms with van der Waals surface area (Å²) in [5, 5.41) is 0. The highest BCUT2D eigenvalue weighted by molar-refractivity contribution is 5.97. The van der Waals surface area contributed by atoms with E-state index in [1.165, 1.54) is 24.1 Å². The maximum Gasteiger partial charge on any atom is 0.424 e. The largest absolute Gasteiger partial charge is 0.493 e. The molecule has 0 heterocycles. The molecule has 130 valence electrons. The number of carbonyl (C=O) groups is 2. The first-order valence-corrected chi connectivity index (χ1v) is 7.98. The van der Waals surface area contributed by atoms with E-state index in [0.717, 1.165) is 0 Å². The maximum absolute atomic E-state index is 12.9. The van der Waals surface area contributed by atoms with Gasteiger partial charge in [-0.2, -0.15) is 0 Å². The number of methoxy groups -OCH3 is 1. The highest BCUT2D eigenvalue weighted by Gasteiger charge is 2.21. The number of hydrogen-bond donors (Lipinski definition) is 0. The molecule has 0 aliphatic heterocycles. The standard InChI is InChI=1S/C21H17NO4/c1-25-20-14-16(15-23)12-13-19(20)26-21(24)22(17-8-4-2-5-9-17)18-10-6-3-7-11-18/h2-15H,1H3. The number of para-hydroxylation sites is 2. The van der Waals surface area contributed by atoms with E-state index < -0.39 is 6.09 Å². The van der Waals surface area contributed by atoms with Gasteiger partial charge in [0.1, 0.15) is 6.29 Å². The summed E-state index contributed by atoms with van der Waals surface area (Å²) < 4.78 is 10.8. The Kier molecular flexibility index (Phi) is 5.29. The van der Waals surface area contributed by atoms with Crippen molar-refractivity contribution in [2.45, 2.75) is 0 Å². The summed E-state index contributed by atoms with van der Waals surface area (Å²) in [5.41, 5.74) is 1.78. The Morgan fingerprint density at radius 1 is 0.846 bits per heavy atom. The lowest BCUT2D eigenvalue weighted by atomic mass is 10.2. The Balaban J connectivity index is 1.95. The number of hydrogen-bond acceptors (Lipinski definition) is 4. The Bertz CT molecular complexity index is 855. The number of amides is 1. The second-order valence-electron chi connectivity index (χ2n) is 5.40. The second kappa shape index (κ2) is 7.98. The van der Waals surface area contributed by atoms with Crippen LogP contribution in [0.5, 0.6) is 11.5 Å². The average molecular weight is 347 g/mol. The third-order valence-electron chi connectivity index (χ3n) is 3.73. The van der Waals surface area contributed by atoms with Crippen molar-refractivity contribution in [3.05, 3.63) is 84.4 Å². The smallest absolute Gasteiger partial charge is 0.424 e. The molecular weight excluding hydrogens is 330 g/mol. The molecule has 5 heteroatoms. The van der Waals surface area contributed by atoms with E-state index in [1.807, 2.05) is 60.7 Å². The highest BCUT2D eigenvalue weighted by atomic mass is 16.6. The summed E-state index contributed by atoms with van der Waals surface area (Å²) >= 11 is 0. The van der Waals surface area contributed by atoms with Crippen LogP contribution in [0.1, 0.15) is 10.4 Å². The molecule has 0 bridgehead atoms. The molecule has 0 saturated heterocycles. The van der Waals surface area contributed by atoms with Crippen molar-refractivity contribution in [1.29, 1.82) is 0 Å². The summed E-state index contributed by atoms with van der Waals surface area (Å²) in [7, 11) is 1.45. The second-order valence-corrected chi connectivity index (χ2v) is 5.40. The van der Waals surface area contributed by atoms with Crippen molar-refractivity contribution < 1.29 is 19.1 Å². The molecule has 0 unspecified atom stereocenters. The lowest BCUT2D eigenvalue weighted by molar-refractivity contribution is 0.112. The van der Waals surface area contributed by atoms with Gasteiger partial charge in [-0.1, -0.05) is 36.4 Å². The van der Waals surface area contributed by atoms with Crippen molar-refractivity contribution >= 4 is 23.8 Å². The van der Waals surface area contributed by atoms with Gasteiger partial charge in [0.15, 0.2) is 11.5 Å². The fourth-order valence-electron chi connectivity index (χ4n) is 2.50. The number of carbonyl (C=O) groups excluding carboxylic acids is 2. The summed E-state index contributed by atoms with van der Waals surface area (Å²) in [6.45, 7) is 0. The van der Waals surface area contributed by atoms with Crippen LogP contribution in [0.4, 0.5) is 16.2 Å². The molecule has 0 aliphatic carbocycles. The molecule has 0 fully saturated rings. The summed E-state index contributed by atoms with van der Waals surface area (Å²) in [5.74, 6) is 0.545. The van der Waals surface area contributed by atoms with Gasteiger partial charge in [-0.25, -0.2) is 9.69 Å². The van der Waals surface area contributed by atoms with Crippen LogP contribution in [0.3, 0.4) is 0 Å². The Hall–Kier alpha value is -3.60. The summed E-state index contributed by atoms with van der Waals surface area (Å²) in [6.07, 6.45) is 0.119. The predicted octanol–water partition coefficient (Wildman–Crippen LogP) is 4.84. The quantitative estimate of drug-likeness (QED) is 0.620. The van der Waals surface area contributed by atoms with Crippen molar-refractivity contribution in [1.82, 2.24) is 0 Å². The number of anilines is 2. The number of nitrogens with zero attached hydrogens (tertiary/aromatic N) is 1. The molecule has 0 radical (unpaired) electrons. The Morgan fingerprint density at radius 3 is 1.92 bits per heavy atom. The van der Waals surface area contributed by atoms with Crippen LogP contribution >= 0.6 is 0 Å². The number of rotatable bonds is 5. The first-order valence-electron chi connectivity index (χ1n) is 7.98. The molecule has 0 atom stereocenters. The highest BCUT2D eigenvalue weighted by Crippen LogP contribution is 2.31. The minimum atomic E-state index is -0.584. The minimum Gasteiger partial charge on any atom is -0.493 e. The van der Waals surface area contributed by atoms with Crippen LogP contribution < -0.4 is 14.4 Å². The van der Waals surface area contributed by atoms with E-state index in [4.69, 9.17) is 9.47 Å². The number of benzene rings is 3. The van der Waals surface area contributed by atoms with Crippen molar-refractivity contribution in [3.8, 4) is 11.5 Å². The van der Waals surface area contributed by atoms with Gasteiger partial charge in [-0.05, 0) is 42.5 Å². The van der Waals surface area contributed by atoms with Gasteiger partial charge in [0.2, 0.25) is 0 Å². The van der Waals surface area contributed by atoms with E-state index in [1.54, 1.807) is 6.07 Å². The first kappa shape index (κ1) is 17.2. The molecule has 3 rings (SSSR count). The molecule has 0 aromatic heterocycles. The van der Waals surface area contributed by atoms with Gasteiger partial charge in [0.05, 0.1) is 18.5 Å². The first-order chi connectivity index (χ1) is 12.7. The van der Waals surface area contributed by atoms with Gasteiger partial charge in [0, 0.05) is 5.56 Å². The lowest BCUT2D eigenvalue weighted by Gasteiger charge is -2.22. The molecule has 3 aromatic carbocycles. The van der Waals surface area contributed by atoms with E-state index >= 15 is 0 Å². The minimum absolute atomic E-state index is 0.236. The molecular formula is C21H17NO4. The van der Waals surface area contributed by atoms with Crippen LogP contribution in [0, 0.1) is 0 Å². The van der Waals surface area contributed by atoms with Crippen molar-refractivity contribution in [2.75, 3.05) is 12.0 Å². The van der Waals surface area contributed by atoms with Crippen molar-refractivity contribution in [3.63, 3.8) is 0 Å². The third kappa shape index (κ3) is 3.72. The van der Waals surface area contributed by atoms with Crippen LogP contribution in [-0.4, -0.2) is 19.5 Å². The van der Waals surface area contributed by atoms with Gasteiger partial charge in [-0.3, -0.25) is 4.79 Å². The zero-order valence-corrected chi connectivity index (χ0v) is 14.2. The van der Waals surface area contributed by atoms with E-state index in [9.17, 15) is 9.59 Å².